The lowest BCUT2D eigenvalue weighted by Gasteiger charge is -2.45. The average molecular weight is 581 g/mol. The van der Waals surface area contributed by atoms with E-state index in [4.69, 9.17) is 30.8 Å². The highest BCUT2D eigenvalue weighted by molar-refractivity contribution is 6.30. The third-order valence-corrected chi connectivity index (χ3v) is 8.63. The maximum absolute atomic E-state index is 15.4. The van der Waals surface area contributed by atoms with Crippen LogP contribution in [0.1, 0.15) is 53.4 Å². The van der Waals surface area contributed by atoms with E-state index in [-0.39, 0.29) is 47.9 Å². The SMILES string of the molecule is CCC1CN2c3nc(OC[C@@]45CCCN4C[C@H](F)C5)nc4c(F)c(Cl)nc(c34)OC[C@@H]2CN1C(=O)OC(C)(C)C. The number of nitrogens with zero attached hydrogens (tertiary/aromatic N) is 6. The van der Waals surface area contributed by atoms with Gasteiger partial charge < -0.3 is 24.0 Å². The van der Waals surface area contributed by atoms with Gasteiger partial charge in [0.25, 0.3) is 0 Å². The lowest BCUT2D eigenvalue weighted by Crippen LogP contribution is -2.62. The van der Waals surface area contributed by atoms with Gasteiger partial charge in [-0.1, -0.05) is 18.5 Å². The topological polar surface area (TPSA) is 93.1 Å². The van der Waals surface area contributed by atoms with Crippen molar-refractivity contribution in [1.29, 1.82) is 0 Å². The summed E-state index contributed by atoms with van der Waals surface area (Å²) >= 11 is 6.15. The van der Waals surface area contributed by atoms with Crippen molar-refractivity contribution in [1.82, 2.24) is 24.8 Å². The zero-order valence-electron chi connectivity index (χ0n) is 23.3. The Kier molecular flexibility index (Phi) is 6.84. The zero-order chi connectivity index (χ0) is 28.4. The van der Waals surface area contributed by atoms with Crippen molar-refractivity contribution in [2.45, 2.75) is 82.8 Å². The standard InChI is InChI=1S/C27H35ClF2N6O4/c1-5-16-11-35-17(12-36(16)25(37)40-26(2,3)4)13-38-23-18-20(19(30)21(28)32-23)31-24(33-22(18)35)39-14-27-7-6-8-34(27)10-15(29)9-27/h15-17H,5-14H2,1-4H3/t15-,16?,17+,27+/m1/s1. The summed E-state index contributed by atoms with van der Waals surface area (Å²) in [7, 11) is 0. The second-order valence-electron chi connectivity index (χ2n) is 12.3. The highest BCUT2D eigenvalue weighted by Crippen LogP contribution is 2.43. The molecule has 0 bridgehead atoms. The first kappa shape index (κ1) is 27.4. The predicted molar refractivity (Wildman–Crippen MR) is 144 cm³/mol. The highest BCUT2D eigenvalue weighted by Gasteiger charge is 2.49. The molecule has 0 spiro atoms. The number of aromatic nitrogens is 3. The van der Waals surface area contributed by atoms with Gasteiger partial charge >= 0.3 is 12.1 Å². The Labute approximate surface area is 236 Å². The molecule has 1 unspecified atom stereocenters. The maximum Gasteiger partial charge on any atom is 0.410 e. The Morgan fingerprint density at radius 1 is 1.23 bits per heavy atom. The van der Waals surface area contributed by atoms with E-state index in [9.17, 15) is 9.18 Å². The molecule has 2 aromatic heterocycles. The van der Waals surface area contributed by atoms with Gasteiger partial charge in [-0.2, -0.15) is 15.0 Å². The Bertz CT molecular complexity index is 1330. The van der Waals surface area contributed by atoms with Crippen LogP contribution in [0.4, 0.5) is 19.4 Å². The van der Waals surface area contributed by atoms with Gasteiger partial charge in [-0.15, -0.1) is 0 Å². The molecular formula is C27H35ClF2N6O4. The number of hydrogen-bond donors (Lipinski definition) is 0. The van der Waals surface area contributed by atoms with E-state index < -0.39 is 29.2 Å². The lowest BCUT2D eigenvalue weighted by atomic mass is 9.95. The Hall–Kier alpha value is -2.73. The number of hydrogen-bond acceptors (Lipinski definition) is 9. The second-order valence-corrected chi connectivity index (χ2v) is 12.6. The van der Waals surface area contributed by atoms with Gasteiger partial charge in [-0.3, -0.25) is 4.90 Å². The van der Waals surface area contributed by atoms with Crippen LogP contribution in [-0.4, -0.2) is 99.6 Å². The molecule has 2 aromatic rings. The molecule has 4 atom stereocenters. The molecule has 0 N–H and O–H groups in total. The van der Waals surface area contributed by atoms with E-state index in [0.29, 0.717) is 43.7 Å². The van der Waals surface area contributed by atoms with Crippen molar-refractivity contribution < 1.29 is 27.8 Å². The van der Waals surface area contributed by atoms with Crippen LogP contribution in [0.15, 0.2) is 0 Å². The summed E-state index contributed by atoms with van der Waals surface area (Å²) in [4.78, 5) is 32.3. The van der Waals surface area contributed by atoms with Gasteiger partial charge in [0.15, 0.2) is 11.0 Å². The Morgan fingerprint density at radius 2 is 2.02 bits per heavy atom. The monoisotopic (exact) mass is 580 g/mol. The number of ether oxygens (including phenoxy) is 3. The number of pyridine rings is 1. The Morgan fingerprint density at radius 3 is 2.77 bits per heavy atom. The minimum absolute atomic E-state index is 0.0126. The van der Waals surface area contributed by atoms with Gasteiger partial charge in [0.05, 0.1) is 17.6 Å². The summed E-state index contributed by atoms with van der Waals surface area (Å²) in [6, 6.07) is -0.511. The van der Waals surface area contributed by atoms with E-state index in [1.807, 2.05) is 32.6 Å². The molecule has 0 aliphatic carbocycles. The van der Waals surface area contributed by atoms with Crippen molar-refractivity contribution in [2.24, 2.45) is 0 Å². The molecule has 0 radical (unpaired) electrons. The number of anilines is 1. The van der Waals surface area contributed by atoms with Crippen LogP contribution in [-0.2, 0) is 4.74 Å². The van der Waals surface area contributed by atoms with Crippen LogP contribution in [0, 0.1) is 5.82 Å². The highest BCUT2D eigenvalue weighted by atomic mass is 35.5. The van der Waals surface area contributed by atoms with Crippen molar-refractivity contribution in [3.05, 3.63) is 11.0 Å². The molecule has 4 aliphatic rings. The summed E-state index contributed by atoms with van der Waals surface area (Å²) in [5.74, 6) is -0.245. The van der Waals surface area contributed by atoms with Crippen molar-refractivity contribution >= 4 is 34.4 Å². The molecule has 6 rings (SSSR count). The van der Waals surface area contributed by atoms with Crippen LogP contribution in [0.25, 0.3) is 10.9 Å². The largest absolute Gasteiger partial charge is 0.475 e. The van der Waals surface area contributed by atoms with E-state index in [2.05, 4.69) is 14.9 Å². The molecule has 6 heterocycles. The van der Waals surface area contributed by atoms with Crippen molar-refractivity contribution in [3.63, 3.8) is 0 Å². The molecule has 10 nitrogen and oxygen atoms in total. The molecule has 218 valence electrons. The number of piperazine rings is 1. The molecule has 4 aliphatic heterocycles. The number of carbonyl (C=O) groups excluding carboxylic acids is 1. The van der Waals surface area contributed by atoms with Crippen LogP contribution in [0.2, 0.25) is 5.15 Å². The number of alkyl halides is 1. The van der Waals surface area contributed by atoms with E-state index in [1.165, 1.54) is 0 Å². The second kappa shape index (κ2) is 9.97. The average Bonchev–Trinajstić information content (AvgIpc) is 3.37. The molecule has 3 fully saturated rings. The molecule has 0 saturated carbocycles. The van der Waals surface area contributed by atoms with Crippen LogP contribution >= 0.6 is 11.6 Å². The number of carbonyl (C=O) groups is 1. The number of fused-ring (bicyclic) bond motifs is 3. The zero-order valence-corrected chi connectivity index (χ0v) is 24.0. The minimum atomic E-state index is -0.902. The van der Waals surface area contributed by atoms with Gasteiger partial charge in [0.1, 0.15) is 41.7 Å². The van der Waals surface area contributed by atoms with Crippen LogP contribution < -0.4 is 14.4 Å². The quantitative estimate of drug-likeness (QED) is 0.489. The van der Waals surface area contributed by atoms with E-state index in [1.54, 1.807) is 4.90 Å². The van der Waals surface area contributed by atoms with Gasteiger partial charge in [0, 0.05) is 26.1 Å². The van der Waals surface area contributed by atoms with Crippen molar-refractivity contribution in [3.8, 4) is 11.9 Å². The molecule has 3 saturated heterocycles. The first-order chi connectivity index (χ1) is 19.0. The predicted octanol–water partition coefficient (Wildman–Crippen LogP) is 4.37. The summed E-state index contributed by atoms with van der Waals surface area (Å²) in [6.07, 6.45) is 1.56. The molecular weight excluding hydrogens is 546 g/mol. The van der Waals surface area contributed by atoms with Gasteiger partial charge in [-0.05, 0) is 46.6 Å². The fourth-order valence-electron chi connectivity index (χ4n) is 6.52. The Balaban J connectivity index is 1.36. The van der Waals surface area contributed by atoms with E-state index in [0.717, 1.165) is 19.4 Å². The molecule has 13 heteroatoms. The first-order valence-corrected chi connectivity index (χ1v) is 14.3. The van der Waals surface area contributed by atoms with Crippen LogP contribution in [0.3, 0.4) is 0 Å². The summed E-state index contributed by atoms with van der Waals surface area (Å²) in [6.45, 7) is 9.83. The summed E-state index contributed by atoms with van der Waals surface area (Å²) in [5.41, 5.74) is -1.10. The number of halogens is 3. The molecule has 0 aromatic carbocycles. The third kappa shape index (κ3) is 4.76. The van der Waals surface area contributed by atoms with Gasteiger partial charge in [-0.25, -0.2) is 13.6 Å². The van der Waals surface area contributed by atoms with E-state index >= 15 is 4.39 Å². The minimum Gasteiger partial charge on any atom is -0.475 e. The number of amides is 1. The normalized spacial score (nSPS) is 28.2. The molecule has 40 heavy (non-hydrogen) atoms. The summed E-state index contributed by atoms with van der Waals surface area (Å²) < 4.78 is 47.5. The molecule has 1 amide bonds. The maximum atomic E-state index is 15.4. The summed E-state index contributed by atoms with van der Waals surface area (Å²) in [5, 5.41) is -0.0564. The fraction of sp³-hybridized carbons (Fsp3) is 0.704. The first-order valence-electron chi connectivity index (χ1n) is 14.0. The van der Waals surface area contributed by atoms with Crippen LogP contribution in [0.5, 0.6) is 11.9 Å². The fourth-order valence-corrected chi connectivity index (χ4v) is 6.69. The smallest absolute Gasteiger partial charge is 0.410 e. The third-order valence-electron chi connectivity index (χ3n) is 8.38. The lowest BCUT2D eigenvalue weighted by molar-refractivity contribution is 0.00832. The van der Waals surface area contributed by atoms with Gasteiger partial charge in [0.2, 0.25) is 5.88 Å². The van der Waals surface area contributed by atoms with Crippen molar-refractivity contribution in [2.75, 3.05) is 44.3 Å². The number of rotatable bonds is 4.